The first-order valence-electron chi connectivity index (χ1n) is 7.72. The zero-order chi connectivity index (χ0) is 15.2. The molecule has 1 aromatic carbocycles. The molecule has 0 aromatic heterocycles. The highest BCUT2D eigenvalue weighted by atomic mass is 19.1. The van der Waals surface area contributed by atoms with E-state index in [1.54, 1.807) is 6.07 Å². The van der Waals surface area contributed by atoms with Gasteiger partial charge in [-0.1, -0.05) is 13.3 Å². The fraction of sp³-hybridized carbons (Fsp3) is 0.625. The van der Waals surface area contributed by atoms with Crippen molar-refractivity contribution >= 4 is 11.4 Å². The number of rotatable bonds is 7. The molecule has 0 heterocycles. The number of nitrogen functional groups attached to an aromatic ring is 1. The molecule has 2 atom stereocenters. The smallest absolute Gasteiger partial charge is 0.167 e. The number of aliphatic hydroxyl groups is 1. The lowest BCUT2D eigenvalue weighted by Crippen LogP contribution is -2.21. The topological polar surface area (TPSA) is 67.5 Å². The van der Waals surface area contributed by atoms with Crippen LogP contribution in [0.15, 0.2) is 12.1 Å². The first-order valence-corrected chi connectivity index (χ1v) is 7.72. The van der Waals surface area contributed by atoms with Gasteiger partial charge in [0.25, 0.3) is 0 Å². The molecular formula is C16H25FN2O2. The van der Waals surface area contributed by atoms with Crippen molar-refractivity contribution in [1.82, 2.24) is 0 Å². The Hall–Kier alpha value is -1.49. The lowest BCUT2D eigenvalue weighted by atomic mass is 9.97. The van der Waals surface area contributed by atoms with Crippen molar-refractivity contribution in [2.75, 3.05) is 30.8 Å². The zero-order valence-electron chi connectivity index (χ0n) is 12.6. The molecule has 1 aromatic rings. The number of benzene rings is 1. The lowest BCUT2D eigenvalue weighted by molar-refractivity contribution is 0.199. The summed E-state index contributed by atoms with van der Waals surface area (Å²) in [6.07, 6.45) is 4.17. The van der Waals surface area contributed by atoms with Crippen LogP contribution in [-0.2, 0) is 0 Å². The van der Waals surface area contributed by atoms with Crippen molar-refractivity contribution in [1.29, 1.82) is 0 Å². The number of hydrogen-bond donors (Lipinski definition) is 3. The molecule has 1 saturated carbocycles. The maximum absolute atomic E-state index is 13.7. The predicted octanol–water partition coefficient (Wildman–Crippen LogP) is 3.02. The van der Waals surface area contributed by atoms with E-state index in [1.807, 2.05) is 6.92 Å². The first kappa shape index (κ1) is 15.9. The Bertz CT molecular complexity index is 468. The number of anilines is 2. The minimum Gasteiger partial charge on any atom is -0.490 e. The molecule has 2 unspecified atom stereocenters. The second kappa shape index (κ2) is 7.50. The van der Waals surface area contributed by atoms with Crippen LogP contribution < -0.4 is 15.8 Å². The fourth-order valence-electron chi connectivity index (χ4n) is 2.91. The van der Waals surface area contributed by atoms with Gasteiger partial charge in [-0.2, -0.15) is 0 Å². The highest BCUT2D eigenvalue weighted by Gasteiger charge is 2.26. The monoisotopic (exact) mass is 296 g/mol. The highest BCUT2D eigenvalue weighted by Crippen LogP contribution is 2.33. The second-order valence-electron chi connectivity index (χ2n) is 5.73. The Kier molecular flexibility index (Phi) is 5.67. The number of ether oxygens (including phenoxy) is 1. The van der Waals surface area contributed by atoms with Crippen LogP contribution in [0, 0.1) is 17.7 Å². The summed E-state index contributed by atoms with van der Waals surface area (Å²) in [7, 11) is 0. The predicted molar refractivity (Wildman–Crippen MR) is 83.0 cm³/mol. The average Bonchev–Trinajstić information content (AvgIpc) is 2.93. The van der Waals surface area contributed by atoms with Crippen LogP contribution >= 0.6 is 0 Å². The molecule has 5 heteroatoms. The van der Waals surface area contributed by atoms with E-state index in [-0.39, 0.29) is 12.4 Å². The van der Waals surface area contributed by atoms with Crippen LogP contribution in [0.3, 0.4) is 0 Å². The maximum atomic E-state index is 13.7. The average molecular weight is 296 g/mol. The van der Waals surface area contributed by atoms with Crippen LogP contribution in [0.4, 0.5) is 15.8 Å². The van der Waals surface area contributed by atoms with Gasteiger partial charge in [-0.05, 0) is 31.1 Å². The van der Waals surface area contributed by atoms with Crippen molar-refractivity contribution in [2.45, 2.75) is 32.6 Å². The normalized spacial score (nSPS) is 21.5. The van der Waals surface area contributed by atoms with E-state index in [0.29, 0.717) is 29.8 Å². The summed E-state index contributed by atoms with van der Waals surface area (Å²) >= 11 is 0. The Morgan fingerprint density at radius 2 is 2.14 bits per heavy atom. The third kappa shape index (κ3) is 4.00. The molecular weight excluding hydrogens is 271 g/mol. The summed E-state index contributed by atoms with van der Waals surface area (Å²) < 4.78 is 19.1. The Labute approximate surface area is 125 Å². The van der Waals surface area contributed by atoms with Crippen LogP contribution in [0.1, 0.15) is 32.6 Å². The molecule has 0 amide bonds. The molecule has 0 saturated heterocycles. The van der Waals surface area contributed by atoms with E-state index in [4.69, 9.17) is 10.5 Å². The quantitative estimate of drug-likeness (QED) is 0.677. The SMILES string of the molecule is CCCOc1cc(NCC2CCCC2CO)c(N)cc1F. The number of halogens is 1. The first-order chi connectivity index (χ1) is 10.2. The van der Waals surface area contributed by atoms with Gasteiger partial charge >= 0.3 is 0 Å². The summed E-state index contributed by atoms with van der Waals surface area (Å²) in [6.45, 7) is 3.43. The van der Waals surface area contributed by atoms with Gasteiger partial charge < -0.3 is 20.9 Å². The van der Waals surface area contributed by atoms with Gasteiger partial charge in [-0.25, -0.2) is 4.39 Å². The largest absolute Gasteiger partial charge is 0.490 e. The van der Waals surface area contributed by atoms with Crippen LogP contribution in [-0.4, -0.2) is 24.9 Å². The van der Waals surface area contributed by atoms with E-state index in [9.17, 15) is 9.50 Å². The molecule has 1 aliphatic carbocycles. The number of hydrogen-bond acceptors (Lipinski definition) is 4. The molecule has 0 bridgehead atoms. The number of aliphatic hydroxyl groups excluding tert-OH is 1. The molecule has 118 valence electrons. The van der Waals surface area contributed by atoms with Gasteiger partial charge in [0, 0.05) is 25.3 Å². The van der Waals surface area contributed by atoms with Crippen LogP contribution in [0.25, 0.3) is 0 Å². The number of nitrogens with one attached hydrogen (secondary N) is 1. The summed E-state index contributed by atoms with van der Waals surface area (Å²) in [4.78, 5) is 0. The third-order valence-corrected chi connectivity index (χ3v) is 4.17. The summed E-state index contributed by atoms with van der Waals surface area (Å²) in [6, 6.07) is 2.93. The van der Waals surface area contributed by atoms with Crippen LogP contribution in [0.5, 0.6) is 5.75 Å². The second-order valence-corrected chi connectivity index (χ2v) is 5.73. The molecule has 21 heavy (non-hydrogen) atoms. The molecule has 0 spiro atoms. The van der Waals surface area contributed by atoms with Crippen LogP contribution in [0.2, 0.25) is 0 Å². The third-order valence-electron chi connectivity index (χ3n) is 4.17. The fourth-order valence-corrected chi connectivity index (χ4v) is 2.91. The molecule has 1 aliphatic rings. The molecule has 2 rings (SSSR count). The van der Waals surface area contributed by atoms with Gasteiger partial charge in [0.2, 0.25) is 0 Å². The molecule has 0 radical (unpaired) electrons. The Balaban J connectivity index is 2.01. The molecule has 1 fully saturated rings. The van der Waals surface area contributed by atoms with Gasteiger partial charge in [0.1, 0.15) is 0 Å². The molecule has 4 N–H and O–H groups in total. The van der Waals surface area contributed by atoms with Crippen molar-refractivity contribution in [3.05, 3.63) is 17.9 Å². The van der Waals surface area contributed by atoms with E-state index in [1.165, 1.54) is 6.07 Å². The van der Waals surface area contributed by atoms with E-state index >= 15 is 0 Å². The number of nitrogens with two attached hydrogens (primary N) is 1. The van der Waals surface area contributed by atoms with Crippen molar-refractivity contribution in [3.63, 3.8) is 0 Å². The van der Waals surface area contributed by atoms with E-state index < -0.39 is 5.82 Å². The zero-order valence-corrected chi connectivity index (χ0v) is 12.6. The summed E-state index contributed by atoms with van der Waals surface area (Å²) in [5.41, 5.74) is 6.95. The Morgan fingerprint density at radius 1 is 1.38 bits per heavy atom. The molecule has 4 nitrogen and oxygen atoms in total. The van der Waals surface area contributed by atoms with Crippen molar-refractivity contribution in [2.24, 2.45) is 11.8 Å². The van der Waals surface area contributed by atoms with E-state index in [0.717, 1.165) is 32.2 Å². The maximum Gasteiger partial charge on any atom is 0.167 e. The summed E-state index contributed by atoms with van der Waals surface area (Å²) in [5, 5.41) is 12.6. The molecule has 0 aliphatic heterocycles. The minimum absolute atomic E-state index is 0.232. The standard InChI is InChI=1S/C16H25FN2O2/c1-2-6-21-16-8-15(14(18)7-13(16)17)19-9-11-4-3-5-12(11)10-20/h7-8,11-12,19-20H,2-6,9-10,18H2,1H3. The summed E-state index contributed by atoms with van der Waals surface area (Å²) in [5.74, 6) is 0.605. The lowest BCUT2D eigenvalue weighted by Gasteiger charge is -2.20. The van der Waals surface area contributed by atoms with Gasteiger partial charge in [0.05, 0.1) is 18.0 Å². The van der Waals surface area contributed by atoms with Gasteiger partial charge in [-0.3, -0.25) is 0 Å². The van der Waals surface area contributed by atoms with E-state index in [2.05, 4.69) is 5.32 Å². The van der Waals surface area contributed by atoms with Crippen molar-refractivity contribution in [3.8, 4) is 5.75 Å². The minimum atomic E-state index is -0.430. The van der Waals surface area contributed by atoms with Gasteiger partial charge in [-0.15, -0.1) is 0 Å². The van der Waals surface area contributed by atoms with Crippen molar-refractivity contribution < 1.29 is 14.2 Å². The highest BCUT2D eigenvalue weighted by molar-refractivity contribution is 5.68. The Morgan fingerprint density at radius 3 is 2.86 bits per heavy atom. The van der Waals surface area contributed by atoms with Gasteiger partial charge in [0.15, 0.2) is 11.6 Å².